The van der Waals surface area contributed by atoms with Gasteiger partial charge >= 0.3 is 0 Å². The van der Waals surface area contributed by atoms with Gasteiger partial charge in [-0.1, -0.05) is 120 Å². The Morgan fingerprint density at radius 2 is 1.12 bits per heavy atom. The van der Waals surface area contributed by atoms with E-state index in [1.807, 2.05) is 18.2 Å². The first-order valence-electron chi connectivity index (χ1n) is 13.4. The van der Waals surface area contributed by atoms with Crippen molar-refractivity contribution in [3.05, 3.63) is 35.9 Å². The highest BCUT2D eigenvalue weighted by atomic mass is 19.1. The van der Waals surface area contributed by atoms with Crippen LogP contribution in [0.1, 0.15) is 108 Å². The predicted octanol–water partition coefficient (Wildman–Crippen LogP) is 7.76. The van der Waals surface area contributed by atoms with Gasteiger partial charge in [-0.25, -0.2) is 0 Å². The lowest BCUT2D eigenvalue weighted by Crippen LogP contribution is -2.29. The van der Waals surface area contributed by atoms with Crippen molar-refractivity contribution in [1.29, 1.82) is 0 Å². The summed E-state index contributed by atoms with van der Waals surface area (Å²) in [6.45, 7) is 2.34. The second kappa shape index (κ2) is 23.2. The van der Waals surface area contributed by atoms with E-state index in [0.29, 0.717) is 19.8 Å². The lowest BCUT2D eigenvalue weighted by atomic mass is 10.0. The molecule has 0 aliphatic carbocycles. The van der Waals surface area contributed by atoms with E-state index in [1.54, 1.807) is 0 Å². The van der Waals surface area contributed by atoms with Crippen molar-refractivity contribution in [3.63, 3.8) is 0 Å². The van der Waals surface area contributed by atoms with E-state index in [4.69, 9.17) is 15.2 Å². The van der Waals surface area contributed by atoms with Gasteiger partial charge in [0.15, 0.2) is 0 Å². The molecule has 0 saturated heterocycles. The van der Waals surface area contributed by atoms with Gasteiger partial charge in [0, 0.05) is 13.2 Å². The maximum atomic E-state index is 12.0. The van der Waals surface area contributed by atoms with Gasteiger partial charge in [0.05, 0.1) is 26.0 Å². The molecule has 1 rings (SSSR count). The molecule has 32 heavy (non-hydrogen) atoms. The highest BCUT2D eigenvalue weighted by Gasteiger charge is 2.07. The molecule has 1 atom stereocenters. The fourth-order valence-electron chi connectivity index (χ4n) is 3.96. The zero-order chi connectivity index (χ0) is 23.0. The first-order chi connectivity index (χ1) is 15.9. The van der Waals surface area contributed by atoms with Crippen LogP contribution in [0.2, 0.25) is 0 Å². The van der Waals surface area contributed by atoms with E-state index >= 15 is 0 Å². The number of halogens is 1. The molecule has 1 aromatic rings. The van der Waals surface area contributed by atoms with E-state index in [0.717, 1.165) is 25.9 Å². The van der Waals surface area contributed by atoms with Gasteiger partial charge in [0.2, 0.25) is 0 Å². The monoisotopic (exact) mass is 451 g/mol. The number of rotatable bonds is 24. The van der Waals surface area contributed by atoms with Crippen LogP contribution in [0, 0.1) is 0 Å². The molecule has 0 spiro atoms. The van der Waals surface area contributed by atoms with Crippen LogP contribution in [0.15, 0.2) is 30.3 Å². The highest BCUT2D eigenvalue weighted by Crippen LogP contribution is 2.14. The minimum absolute atomic E-state index is 0.0254. The second-order valence-electron chi connectivity index (χ2n) is 9.08. The molecule has 0 radical (unpaired) electrons. The van der Waals surface area contributed by atoms with Crippen LogP contribution in [0.5, 0.6) is 0 Å². The summed E-state index contributed by atoms with van der Waals surface area (Å²) < 4.78 is 23.6. The zero-order valence-electron chi connectivity index (χ0n) is 20.6. The number of hydrogen-bond acceptors (Lipinski definition) is 3. The van der Waals surface area contributed by atoms with Crippen LogP contribution in [0.25, 0.3) is 0 Å². The molecule has 4 heteroatoms. The third kappa shape index (κ3) is 18.6. The molecule has 2 N–H and O–H groups in total. The van der Waals surface area contributed by atoms with Crippen molar-refractivity contribution < 1.29 is 13.9 Å². The van der Waals surface area contributed by atoms with Crippen LogP contribution in [-0.2, 0) is 16.1 Å². The number of hydrogen-bond donors (Lipinski definition) is 1. The van der Waals surface area contributed by atoms with E-state index in [2.05, 4.69) is 12.1 Å². The normalized spacial score (nSPS) is 12.3. The molecular weight excluding hydrogens is 401 g/mol. The molecule has 3 nitrogen and oxygen atoms in total. The predicted molar refractivity (Wildman–Crippen MR) is 135 cm³/mol. The second-order valence-corrected chi connectivity index (χ2v) is 9.08. The first kappa shape index (κ1) is 29.1. The molecule has 0 aliphatic heterocycles. The van der Waals surface area contributed by atoms with Gasteiger partial charge in [-0.15, -0.1) is 0 Å². The summed E-state index contributed by atoms with van der Waals surface area (Å²) in [6.07, 6.45) is 20.4. The van der Waals surface area contributed by atoms with Crippen molar-refractivity contribution in [1.82, 2.24) is 0 Å². The standard InChI is InChI=1S/C28H50FNO2/c29-22-18-13-11-9-7-5-3-1-2-4-6-8-10-12-14-19-23-31-26-28(24-30)32-25-27-20-16-15-17-21-27/h15-17,20-21,28H,1-14,18-19,22-26,30H2. The van der Waals surface area contributed by atoms with Crippen molar-refractivity contribution >= 4 is 0 Å². The molecule has 0 saturated carbocycles. The molecule has 0 amide bonds. The Bertz CT molecular complexity index is 486. The summed E-state index contributed by atoms with van der Waals surface area (Å²) in [6, 6.07) is 10.2. The molecule has 0 heterocycles. The van der Waals surface area contributed by atoms with Crippen LogP contribution < -0.4 is 5.73 Å². The summed E-state index contributed by atoms with van der Waals surface area (Å²) >= 11 is 0. The fraction of sp³-hybridized carbons (Fsp3) is 0.786. The van der Waals surface area contributed by atoms with Gasteiger partial charge in [-0.3, -0.25) is 4.39 Å². The quantitative estimate of drug-likeness (QED) is 0.163. The van der Waals surface area contributed by atoms with Crippen LogP contribution >= 0.6 is 0 Å². The maximum Gasteiger partial charge on any atom is 0.0934 e. The number of ether oxygens (including phenoxy) is 2. The number of nitrogens with two attached hydrogens (primary N) is 1. The molecule has 1 aromatic carbocycles. The zero-order valence-corrected chi connectivity index (χ0v) is 20.6. The van der Waals surface area contributed by atoms with E-state index in [1.165, 1.54) is 89.0 Å². The van der Waals surface area contributed by atoms with Crippen molar-refractivity contribution in [2.45, 2.75) is 115 Å². The lowest BCUT2D eigenvalue weighted by molar-refractivity contribution is -0.0203. The lowest BCUT2D eigenvalue weighted by Gasteiger charge is -2.16. The van der Waals surface area contributed by atoms with Crippen LogP contribution in [-0.4, -0.2) is 32.5 Å². The molecule has 1 unspecified atom stereocenters. The smallest absolute Gasteiger partial charge is 0.0934 e. The summed E-state index contributed by atoms with van der Waals surface area (Å²) in [5, 5.41) is 0. The Labute approximate surface area is 197 Å². The number of alkyl halides is 1. The Morgan fingerprint density at radius 1 is 0.656 bits per heavy atom. The Balaban J connectivity index is 1.76. The van der Waals surface area contributed by atoms with Gasteiger partial charge in [0.1, 0.15) is 0 Å². The highest BCUT2D eigenvalue weighted by molar-refractivity contribution is 5.13. The third-order valence-electron chi connectivity index (χ3n) is 6.07. The van der Waals surface area contributed by atoms with Gasteiger partial charge in [-0.2, -0.15) is 0 Å². The number of benzene rings is 1. The van der Waals surface area contributed by atoms with Gasteiger partial charge in [-0.05, 0) is 18.4 Å². The molecule has 0 fully saturated rings. The minimum Gasteiger partial charge on any atom is -0.379 e. The average Bonchev–Trinajstić information content (AvgIpc) is 2.83. The number of unbranched alkanes of at least 4 members (excludes halogenated alkanes) is 15. The summed E-state index contributed by atoms with van der Waals surface area (Å²) in [5.41, 5.74) is 6.97. The summed E-state index contributed by atoms with van der Waals surface area (Å²) in [5.74, 6) is 0. The van der Waals surface area contributed by atoms with E-state index < -0.39 is 0 Å². The topological polar surface area (TPSA) is 44.5 Å². The SMILES string of the molecule is NCC(COCCCCCCCCCCCCCCCCCCF)OCc1ccccc1. The van der Waals surface area contributed by atoms with Crippen LogP contribution in [0.3, 0.4) is 0 Å². The van der Waals surface area contributed by atoms with Crippen molar-refractivity contribution in [2.75, 3.05) is 26.4 Å². The average molecular weight is 452 g/mol. The Kier molecular flexibility index (Phi) is 21.1. The largest absolute Gasteiger partial charge is 0.379 e. The maximum absolute atomic E-state index is 12.0. The Hall–Kier alpha value is -0.970. The molecular formula is C28H50FNO2. The fourth-order valence-corrected chi connectivity index (χ4v) is 3.96. The third-order valence-corrected chi connectivity index (χ3v) is 6.07. The first-order valence-corrected chi connectivity index (χ1v) is 13.4. The van der Waals surface area contributed by atoms with Gasteiger partial charge < -0.3 is 15.2 Å². The van der Waals surface area contributed by atoms with Crippen LogP contribution in [0.4, 0.5) is 4.39 Å². The summed E-state index contributed by atoms with van der Waals surface area (Å²) in [4.78, 5) is 0. The van der Waals surface area contributed by atoms with Crippen molar-refractivity contribution in [2.24, 2.45) is 5.73 Å². The van der Waals surface area contributed by atoms with Crippen molar-refractivity contribution in [3.8, 4) is 0 Å². The minimum atomic E-state index is -0.143. The molecule has 0 aliphatic rings. The molecule has 186 valence electrons. The summed E-state index contributed by atoms with van der Waals surface area (Å²) in [7, 11) is 0. The van der Waals surface area contributed by atoms with E-state index in [9.17, 15) is 4.39 Å². The molecule has 0 bridgehead atoms. The van der Waals surface area contributed by atoms with E-state index in [-0.39, 0.29) is 12.8 Å². The molecule has 0 aromatic heterocycles. The van der Waals surface area contributed by atoms with Gasteiger partial charge in [0.25, 0.3) is 0 Å². The Morgan fingerprint density at radius 3 is 1.59 bits per heavy atom.